The Kier molecular flexibility index (Phi) is 6.94. The number of carbonyl (C=O) groups is 3. The lowest BCUT2D eigenvalue weighted by atomic mass is 9.83. The fourth-order valence-electron chi connectivity index (χ4n) is 4.25. The summed E-state index contributed by atoms with van der Waals surface area (Å²) in [6.07, 6.45) is -5.34. The summed E-state index contributed by atoms with van der Waals surface area (Å²) in [6.45, 7) is 6.09. The number of carbonyl (C=O) groups excluding carboxylic acids is 3. The third-order valence-corrected chi connectivity index (χ3v) is 6.18. The Labute approximate surface area is 221 Å². The molecule has 202 valence electrons. The summed E-state index contributed by atoms with van der Waals surface area (Å²) in [4.78, 5) is 38.9. The first kappa shape index (κ1) is 27.4. The predicted octanol–water partition coefficient (Wildman–Crippen LogP) is 4.95. The Bertz CT molecular complexity index is 1520. The summed E-state index contributed by atoms with van der Waals surface area (Å²) < 4.78 is 43.8. The van der Waals surface area contributed by atoms with Gasteiger partial charge in [-0.1, -0.05) is 51.1 Å². The van der Waals surface area contributed by atoms with E-state index in [9.17, 15) is 27.6 Å². The molecule has 1 aliphatic heterocycles. The highest BCUT2D eigenvalue weighted by molar-refractivity contribution is 6.19. The second-order valence-corrected chi connectivity index (χ2v) is 9.97. The number of nitrogens with two attached hydrogens (primary N) is 1. The summed E-state index contributed by atoms with van der Waals surface area (Å²) in [5, 5.41) is 13.4. The number of amidine groups is 1. The van der Waals surface area contributed by atoms with E-state index in [-0.39, 0.29) is 28.3 Å². The summed E-state index contributed by atoms with van der Waals surface area (Å²) in [5.74, 6) is -4.74. The molecule has 3 aromatic rings. The number of benzene rings is 3. The van der Waals surface area contributed by atoms with Gasteiger partial charge in [-0.25, -0.2) is 4.79 Å². The zero-order valence-electron chi connectivity index (χ0n) is 21.2. The van der Waals surface area contributed by atoms with Crippen molar-refractivity contribution in [1.29, 1.82) is 5.41 Å². The van der Waals surface area contributed by atoms with E-state index in [0.717, 1.165) is 17.7 Å². The maximum atomic E-state index is 13.8. The quantitative estimate of drug-likeness (QED) is 0.157. The topological polar surface area (TPSA) is 134 Å². The van der Waals surface area contributed by atoms with Crippen LogP contribution in [0.4, 0.5) is 24.5 Å². The molecule has 0 unspecified atom stereocenters. The molecule has 0 fully saturated rings. The van der Waals surface area contributed by atoms with Gasteiger partial charge in [-0.15, -0.1) is 0 Å². The molecule has 0 radical (unpaired) electrons. The number of anilines is 2. The van der Waals surface area contributed by atoms with E-state index in [1.165, 1.54) is 12.1 Å². The lowest BCUT2D eigenvalue weighted by Gasteiger charge is -2.23. The largest absolute Gasteiger partial charge is 0.491 e. The first-order valence-corrected chi connectivity index (χ1v) is 11.8. The third kappa shape index (κ3) is 5.47. The van der Waals surface area contributed by atoms with Crippen molar-refractivity contribution in [3.8, 4) is 5.75 Å². The molecule has 0 atom stereocenters. The van der Waals surface area contributed by atoms with E-state index < -0.39 is 40.6 Å². The van der Waals surface area contributed by atoms with Crippen molar-refractivity contribution in [3.63, 3.8) is 0 Å². The fourth-order valence-corrected chi connectivity index (χ4v) is 4.25. The molecule has 1 amide bonds. The average Bonchev–Trinajstić information content (AvgIpc) is 3.24. The number of nitrogens with one attached hydrogen (secondary N) is 3. The predicted molar refractivity (Wildman–Crippen MR) is 139 cm³/mol. The van der Waals surface area contributed by atoms with Crippen LogP contribution in [0, 0.1) is 5.41 Å². The maximum absolute atomic E-state index is 13.8. The van der Waals surface area contributed by atoms with Gasteiger partial charge < -0.3 is 21.1 Å². The lowest BCUT2D eigenvalue weighted by molar-refractivity contribution is -0.189. The molecule has 4 rings (SSSR count). The van der Waals surface area contributed by atoms with Gasteiger partial charge >= 0.3 is 12.1 Å². The van der Waals surface area contributed by atoms with Gasteiger partial charge in [-0.05, 0) is 40.8 Å². The molecule has 1 heterocycles. The Morgan fingerprint density at radius 3 is 2.38 bits per heavy atom. The van der Waals surface area contributed by atoms with Crippen molar-refractivity contribution in [2.45, 2.75) is 38.9 Å². The lowest BCUT2D eigenvalue weighted by Crippen LogP contribution is -2.29. The third-order valence-electron chi connectivity index (χ3n) is 6.18. The second kappa shape index (κ2) is 9.90. The van der Waals surface area contributed by atoms with Crippen molar-refractivity contribution in [2.75, 3.05) is 11.1 Å². The van der Waals surface area contributed by atoms with Crippen LogP contribution in [0.3, 0.4) is 0 Å². The van der Waals surface area contributed by atoms with Crippen molar-refractivity contribution in [2.24, 2.45) is 0 Å². The second-order valence-electron chi connectivity index (χ2n) is 9.97. The normalized spacial score (nSPS) is 12.9. The highest BCUT2D eigenvalue weighted by Gasteiger charge is 2.42. The van der Waals surface area contributed by atoms with Gasteiger partial charge in [0.15, 0.2) is 5.78 Å². The number of hydrogen-bond acceptors (Lipinski definition) is 6. The van der Waals surface area contributed by atoms with Gasteiger partial charge in [0.1, 0.15) is 11.6 Å². The fraction of sp³-hybridized carbons (Fsp3) is 0.214. The number of hydrogen-bond donors (Lipinski definition) is 4. The van der Waals surface area contributed by atoms with E-state index in [4.69, 9.17) is 11.1 Å². The zero-order valence-corrected chi connectivity index (χ0v) is 21.2. The van der Waals surface area contributed by atoms with E-state index in [1.807, 2.05) is 20.8 Å². The Hall–Kier alpha value is -4.67. The van der Waals surface area contributed by atoms with E-state index in [1.54, 1.807) is 30.3 Å². The van der Waals surface area contributed by atoms with Gasteiger partial charge in [0.25, 0.3) is 5.91 Å². The molecular weight excluding hydrogens is 513 g/mol. The van der Waals surface area contributed by atoms with E-state index >= 15 is 0 Å². The van der Waals surface area contributed by atoms with Crippen molar-refractivity contribution in [3.05, 3.63) is 88.0 Å². The van der Waals surface area contributed by atoms with Gasteiger partial charge in [0.05, 0.1) is 16.9 Å². The summed E-state index contributed by atoms with van der Waals surface area (Å²) >= 11 is 0. The summed E-state index contributed by atoms with van der Waals surface area (Å²) in [7, 11) is 0. The molecule has 11 heteroatoms. The number of ether oxygens (including phenoxy) is 1. The molecule has 3 aromatic carbocycles. The number of fused-ring (bicyclic) bond motifs is 1. The van der Waals surface area contributed by atoms with Crippen LogP contribution in [0.1, 0.15) is 63.7 Å². The van der Waals surface area contributed by atoms with Crippen LogP contribution in [0.5, 0.6) is 5.75 Å². The minimum Gasteiger partial charge on any atom is -0.419 e. The maximum Gasteiger partial charge on any atom is 0.491 e. The first-order valence-electron chi connectivity index (χ1n) is 11.8. The summed E-state index contributed by atoms with van der Waals surface area (Å²) in [5.41, 5.74) is 6.80. The first-order chi connectivity index (χ1) is 18.2. The molecule has 0 bridgehead atoms. The number of nitrogen functional groups attached to an aromatic ring is 1. The zero-order chi connectivity index (χ0) is 28.7. The molecule has 1 aliphatic rings. The van der Waals surface area contributed by atoms with Crippen molar-refractivity contribution < 1.29 is 32.3 Å². The smallest absolute Gasteiger partial charge is 0.419 e. The number of alkyl halides is 3. The SMILES string of the molecule is CC(C)(C)c1ccccc1C(=O)Nc1c(N)ccc(OC(=O)C(F)(F)F)c1C(=O)c1ccc2c(c1)C(=N)NC2. The molecule has 0 saturated carbocycles. The molecule has 8 nitrogen and oxygen atoms in total. The van der Waals surface area contributed by atoms with Crippen LogP contribution < -0.4 is 21.1 Å². The molecule has 0 aromatic heterocycles. The monoisotopic (exact) mass is 538 g/mol. The van der Waals surface area contributed by atoms with Crippen LogP contribution in [0.15, 0.2) is 54.6 Å². The molecule has 0 aliphatic carbocycles. The van der Waals surface area contributed by atoms with Gasteiger partial charge in [0.2, 0.25) is 0 Å². The average molecular weight is 539 g/mol. The molecule has 0 spiro atoms. The molecule has 0 saturated heterocycles. The number of esters is 1. The number of halogens is 3. The van der Waals surface area contributed by atoms with E-state index in [2.05, 4.69) is 15.4 Å². The van der Waals surface area contributed by atoms with Crippen LogP contribution in [-0.4, -0.2) is 29.7 Å². The van der Waals surface area contributed by atoms with Crippen LogP contribution in [0.25, 0.3) is 0 Å². The van der Waals surface area contributed by atoms with Crippen LogP contribution in [-0.2, 0) is 16.8 Å². The molecular formula is C28H25F3N4O4. The number of ketones is 1. The highest BCUT2D eigenvalue weighted by atomic mass is 19.4. The minimum absolute atomic E-state index is 0.0114. The van der Waals surface area contributed by atoms with Crippen LogP contribution in [0.2, 0.25) is 0 Å². The van der Waals surface area contributed by atoms with Crippen molar-refractivity contribution in [1.82, 2.24) is 5.32 Å². The Balaban J connectivity index is 1.85. The van der Waals surface area contributed by atoms with E-state index in [0.29, 0.717) is 17.7 Å². The highest BCUT2D eigenvalue weighted by Crippen LogP contribution is 2.37. The van der Waals surface area contributed by atoms with Gasteiger partial charge in [-0.2, -0.15) is 13.2 Å². The summed E-state index contributed by atoms with van der Waals surface area (Å²) in [6, 6.07) is 13.3. The van der Waals surface area contributed by atoms with Crippen molar-refractivity contribution >= 4 is 34.9 Å². The Morgan fingerprint density at radius 1 is 1.03 bits per heavy atom. The number of amides is 1. The van der Waals surface area contributed by atoms with Crippen LogP contribution >= 0.6 is 0 Å². The number of rotatable bonds is 5. The van der Waals surface area contributed by atoms with Gasteiger partial charge in [-0.3, -0.25) is 15.0 Å². The van der Waals surface area contributed by atoms with Gasteiger partial charge in [0, 0.05) is 23.2 Å². The standard InChI is InChI=1S/C28H25F3N4O4/c1-27(2,3)18-7-5-4-6-16(18)25(37)35-22-19(32)10-11-20(39-26(38)28(29,30)31)21(22)23(36)14-8-9-15-13-34-24(33)17(15)12-14/h4-12H,13,32H2,1-3H3,(H2,33,34)(H,35,37). The Morgan fingerprint density at radius 2 is 1.72 bits per heavy atom. The molecule has 5 N–H and O–H groups in total. The molecule has 39 heavy (non-hydrogen) atoms. The minimum atomic E-state index is -5.34.